The molecule has 1 aromatic heterocycles. The van der Waals surface area contributed by atoms with E-state index in [1.807, 2.05) is 19.9 Å². The van der Waals surface area contributed by atoms with Gasteiger partial charge in [-0.25, -0.2) is 9.37 Å². The van der Waals surface area contributed by atoms with Crippen molar-refractivity contribution in [1.29, 1.82) is 0 Å². The average molecular weight is 553 g/mol. The van der Waals surface area contributed by atoms with Crippen LogP contribution in [0.3, 0.4) is 0 Å². The lowest BCUT2D eigenvalue weighted by Gasteiger charge is -2.14. The fourth-order valence-corrected chi connectivity index (χ4v) is 3.88. The first-order valence-corrected chi connectivity index (χ1v) is 12.0. The molecule has 0 saturated heterocycles. The maximum absolute atomic E-state index is 13.4. The molecule has 0 aliphatic carbocycles. The molecule has 0 fully saturated rings. The van der Waals surface area contributed by atoms with Crippen LogP contribution in [0.2, 0.25) is 0 Å². The lowest BCUT2D eigenvalue weighted by Crippen LogP contribution is -2.23. The summed E-state index contributed by atoms with van der Waals surface area (Å²) >= 11 is 3.38. The molecule has 184 valence electrons. The Kier molecular flexibility index (Phi) is 7.54. The number of rotatable bonds is 8. The van der Waals surface area contributed by atoms with Crippen molar-refractivity contribution in [3.8, 4) is 5.75 Å². The summed E-state index contributed by atoms with van der Waals surface area (Å²) in [5, 5.41) is 16.2. The third-order valence-corrected chi connectivity index (χ3v) is 6.20. The molecule has 0 saturated carbocycles. The van der Waals surface area contributed by atoms with Crippen LogP contribution in [0.1, 0.15) is 43.1 Å². The van der Waals surface area contributed by atoms with Crippen molar-refractivity contribution < 1.29 is 14.1 Å². The van der Waals surface area contributed by atoms with E-state index in [0.29, 0.717) is 28.0 Å². The second-order valence-corrected chi connectivity index (χ2v) is 9.11. The molecule has 1 heterocycles. The fourth-order valence-electron chi connectivity index (χ4n) is 3.52. The van der Waals surface area contributed by atoms with Gasteiger partial charge in [0.2, 0.25) is 0 Å². The summed E-state index contributed by atoms with van der Waals surface area (Å²) in [5.74, 6) is 0.374. The smallest absolute Gasteiger partial charge is 0.282 e. The predicted octanol–water partition coefficient (Wildman–Crippen LogP) is 6.18. The summed E-state index contributed by atoms with van der Waals surface area (Å²) in [7, 11) is 0. The van der Waals surface area contributed by atoms with Gasteiger partial charge in [0, 0.05) is 28.1 Å². The molecule has 1 atom stereocenters. The van der Waals surface area contributed by atoms with Gasteiger partial charge in [0.25, 0.3) is 11.2 Å². The topological polar surface area (TPSA) is 99.6 Å². The minimum atomic E-state index is -0.521. The van der Waals surface area contributed by atoms with E-state index in [-0.39, 0.29) is 29.6 Å². The molecule has 36 heavy (non-hydrogen) atoms. The predicted molar refractivity (Wildman–Crippen MR) is 139 cm³/mol. The van der Waals surface area contributed by atoms with Gasteiger partial charge in [0.15, 0.2) is 0 Å². The number of ether oxygens (including phenoxy) is 1. The first-order chi connectivity index (χ1) is 17.3. The van der Waals surface area contributed by atoms with Crippen LogP contribution in [-0.4, -0.2) is 20.8 Å². The van der Waals surface area contributed by atoms with Gasteiger partial charge in [-0.05, 0) is 48.4 Å². The number of halogens is 2. The van der Waals surface area contributed by atoms with Crippen LogP contribution in [0.15, 0.2) is 75.0 Å². The Labute approximate surface area is 214 Å². The highest BCUT2D eigenvalue weighted by Gasteiger charge is 2.17. The minimum absolute atomic E-state index is 0.0674. The fraction of sp³-hybridized carbons (Fsp3) is 0.192. The lowest BCUT2D eigenvalue weighted by atomic mass is 10.1. The first kappa shape index (κ1) is 25.2. The summed E-state index contributed by atoms with van der Waals surface area (Å²) in [4.78, 5) is 28.9. The Morgan fingerprint density at radius 3 is 2.64 bits per heavy atom. The van der Waals surface area contributed by atoms with E-state index in [0.717, 1.165) is 16.5 Å². The SMILES string of the molecule is CC[C@@H](C)c1nc2ccc(Br)cc2c(=O)n1N=Cc1cc([N+](=O)[O-])ccc1OCc1ccc(F)cc1. The molecule has 0 bridgehead atoms. The molecule has 10 heteroatoms. The molecule has 4 aromatic rings. The van der Waals surface area contributed by atoms with E-state index in [1.54, 1.807) is 24.3 Å². The Balaban J connectivity index is 1.78. The minimum Gasteiger partial charge on any atom is -0.488 e. The maximum Gasteiger partial charge on any atom is 0.282 e. The largest absolute Gasteiger partial charge is 0.488 e. The van der Waals surface area contributed by atoms with Crippen LogP contribution in [0.25, 0.3) is 10.9 Å². The molecular weight excluding hydrogens is 531 g/mol. The van der Waals surface area contributed by atoms with E-state index in [2.05, 4.69) is 26.0 Å². The van der Waals surface area contributed by atoms with Crippen LogP contribution in [0.4, 0.5) is 10.1 Å². The Morgan fingerprint density at radius 1 is 1.19 bits per heavy atom. The van der Waals surface area contributed by atoms with Crippen LogP contribution in [0.5, 0.6) is 5.75 Å². The Morgan fingerprint density at radius 2 is 1.94 bits per heavy atom. The van der Waals surface area contributed by atoms with Gasteiger partial charge in [-0.1, -0.05) is 41.9 Å². The van der Waals surface area contributed by atoms with E-state index in [1.165, 1.54) is 41.2 Å². The number of nitro benzene ring substituents is 1. The van der Waals surface area contributed by atoms with Gasteiger partial charge in [-0.3, -0.25) is 14.9 Å². The quantitative estimate of drug-likeness (QED) is 0.147. The van der Waals surface area contributed by atoms with Gasteiger partial charge in [-0.2, -0.15) is 9.78 Å². The molecule has 0 unspecified atom stereocenters. The molecule has 3 aromatic carbocycles. The van der Waals surface area contributed by atoms with E-state index >= 15 is 0 Å². The van der Waals surface area contributed by atoms with E-state index < -0.39 is 4.92 Å². The summed E-state index contributed by atoms with van der Waals surface area (Å²) < 4.78 is 21.0. The van der Waals surface area contributed by atoms with Crippen molar-refractivity contribution in [3.63, 3.8) is 0 Å². The number of non-ortho nitro benzene ring substituents is 1. The van der Waals surface area contributed by atoms with Crippen LogP contribution in [-0.2, 0) is 6.61 Å². The second-order valence-electron chi connectivity index (χ2n) is 8.20. The summed E-state index contributed by atoms with van der Waals surface area (Å²) in [6, 6.07) is 15.2. The zero-order valence-corrected chi connectivity index (χ0v) is 21.1. The van der Waals surface area contributed by atoms with Crippen LogP contribution < -0.4 is 10.3 Å². The van der Waals surface area contributed by atoms with Gasteiger partial charge < -0.3 is 4.74 Å². The Hall–Kier alpha value is -3.92. The van der Waals surface area contributed by atoms with Crippen molar-refractivity contribution in [3.05, 3.63) is 108 Å². The second kappa shape index (κ2) is 10.8. The van der Waals surface area contributed by atoms with Crippen LogP contribution >= 0.6 is 15.9 Å². The zero-order chi connectivity index (χ0) is 25.8. The number of aromatic nitrogens is 2. The number of nitrogens with zero attached hydrogens (tertiary/aromatic N) is 4. The lowest BCUT2D eigenvalue weighted by molar-refractivity contribution is -0.384. The number of fused-ring (bicyclic) bond motifs is 1. The van der Waals surface area contributed by atoms with Crippen LogP contribution in [0, 0.1) is 15.9 Å². The molecule has 0 amide bonds. The molecule has 8 nitrogen and oxygen atoms in total. The van der Waals surface area contributed by atoms with E-state index in [9.17, 15) is 19.3 Å². The van der Waals surface area contributed by atoms with Crippen molar-refractivity contribution >= 4 is 38.7 Å². The highest BCUT2D eigenvalue weighted by atomic mass is 79.9. The molecule has 0 radical (unpaired) electrons. The van der Waals surface area contributed by atoms with Crippen molar-refractivity contribution in [2.45, 2.75) is 32.8 Å². The monoisotopic (exact) mass is 552 g/mol. The highest BCUT2D eigenvalue weighted by molar-refractivity contribution is 9.10. The zero-order valence-electron chi connectivity index (χ0n) is 19.5. The van der Waals surface area contributed by atoms with Gasteiger partial charge in [0.1, 0.15) is 24.0 Å². The van der Waals surface area contributed by atoms with Gasteiger partial charge in [-0.15, -0.1) is 0 Å². The summed E-state index contributed by atoms with van der Waals surface area (Å²) in [6.45, 7) is 4.05. The molecular formula is C26H22BrFN4O4. The number of benzene rings is 3. The normalized spacial score (nSPS) is 12.2. The number of nitro groups is 1. The summed E-state index contributed by atoms with van der Waals surface area (Å²) in [6.07, 6.45) is 2.08. The third-order valence-electron chi connectivity index (χ3n) is 5.71. The molecule has 4 rings (SSSR count). The van der Waals surface area contributed by atoms with Gasteiger partial charge >= 0.3 is 0 Å². The molecule has 0 aliphatic heterocycles. The average Bonchev–Trinajstić information content (AvgIpc) is 2.87. The summed E-state index contributed by atoms with van der Waals surface area (Å²) in [5.41, 5.74) is 1.08. The third kappa shape index (κ3) is 5.49. The van der Waals surface area contributed by atoms with Crippen molar-refractivity contribution in [1.82, 2.24) is 9.66 Å². The molecule has 0 spiro atoms. The van der Waals surface area contributed by atoms with Crippen molar-refractivity contribution in [2.24, 2.45) is 5.10 Å². The highest BCUT2D eigenvalue weighted by Crippen LogP contribution is 2.25. The maximum atomic E-state index is 13.4. The number of hydrogen-bond donors (Lipinski definition) is 0. The van der Waals surface area contributed by atoms with E-state index in [4.69, 9.17) is 4.74 Å². The molecule has 0 N–H and O–H groups in total. The van der Waals surface area contributed by atoms with Gasteiger partial charge in [0.05, 0.1) is 22.0 Å². The number of hydrogen-bond acceptors (Lipinski definition) is 6. The van der Waals surface area contributed by atoms with Crippen molar-refractivity contribution in [2.75, 3.05) is 0 Å². The molecule has 0 aliphatic rings. The standard InChI is InChI=1S/C26H22BrFN4O4/c1-3-16(2)25-30-23-10-6-19(27)13-22(23)26(33)31(25)29-14-18-12-21(32(34)35)9-11-24(18)36-15-17-4-7-20(28)8-5-17/h4-14,16H,3,15H2,1-2H3/t16-/m1/s1. The Bertz CT molecular complexity index is 1520. The first-order valence-electron chi connectivity index (χ1n) is 11.2.